The first kappa shape index (κ1) is 9.01. The third-order valence-electron chi connectivity index (χ3n) is 2.43. The predicted molar refractivity (Wildman–Crippen MR) is 48.8 cm³/mol. The topological polar surface area (TPSA) is 24.1 Å². The summed E-state index contributed by atoms with van der Waals surface area (Å²) >= 11 is 0. The minimum atomic E-state index is 0.619. The predicted octanol–water partition coefficient (Wildman–Crippen LogP) is 1.12. The Bertz CT molecular complexity index is 112. The fraction of sp³-hybridized carbons (Fsp3) is 1.00. The third-order valence-corrected chi connectivity index (χ3v) is 2.43. The summed E-state index contributed by atoms with van der Waals surface area (Å²) in [5.41, 5.74) is 0. The van der Waals surface area contributed by atoms with Crippen LogP contribution < -0.4 is 10.6 Å². The van der Waals surface area contributed by atoms with Crippen molar-refractivity contribution >= 4 is 0 Å². The van der Waals surface area contributed by atoms with Crippen molar-refractivity contribution in [1.29, 1.82) is 0 Å². The molecule has 66 valence electrons. The average Bonchev–Trinajstić information content (AvgIpc) is 2.34. The lowest BCUT2D eigenvalue weighted by Gasteiger charge is -2.22. The molecule has 1 fully saturated rings. The number of nitrogens with one attached hydrogen (secondary N) is 2. The fourth-order valence-corrected chi connectivity index (χ4v) is 1.93. The molecule has 0 spiro atoms. The molecule has 2 nitrogen and oxygen atoms in total. The maximum Gasteiger partial charge on any atom is 0.0223 e. The highest BCUT2D eigenvalue weighted by Crippen LogP contribution is 2.18. The summed E-state index contributed by atoms with van der Waals surface area (Å²) in [6, 6.07) is 2.03. The molecule has 0 aromatic carbocycles. The van der Waals surface area contributed by atoms with Crippen molar-refractivity contribution in [3.63, 3.8) is 0 Å². The SMILES string of the molecule is CN[C@@H]1CCC[C@@H]1NC(C)C. The second kappa shape index (κ2) is 4.07. The zero-order valence-electron chi connectivity index (χ0n) is 7.85. The van der Waals surface area contributed by atoms with Gasteiger partial charge in [-0.25, -0.2) is 0 Å². The van der Waals surface area contributed by atoms with E-state index in [0.717, 1.165) is 0 Å². The Hall–Kier alpha value is -0.0800. The zero-order chi connectivity index (χ0) is 8.27. The summed E-state index contributed by atoms with van der Waals surface area (Å²) in [5, 5.41) is 6.94. The first-order valence-corrected chi connectivity index (χ1v) is 4.67. The van der Waals surface area contributed by atoms with Gasteiger partial charge < -0.3 is 10.6 Å². The minimum absolute atomic E-state index is 0.619. The van der Waals surface area contributed by atoms with E-state index in [1.807, 2.05) is 0 Å². The zero-order valence-corrected chi connectivity index (χ0v) is 7.85. The Morgan fingerprint density at radius 2 is 1.82 bits per heavy atom. The maximum atomic E-state index is 3.58. The average molecular weight is 156 g/mol. The van der Waals surface area contributed by atoms with Gasteiger partial charge in [0.2, 0.25) is 0 Å². The quantitative estimate of drug-likeness (QED) is 0.640. The Morgan fingerprint density at radius 1 is 1.18 bits per heavy atom. The summed E-state index contributed by atoms with van der Waals surface area (Å²) in [6.45, 7) is 4.43. The van der Waals surface area contributed by atoms with E-state index < -0.39 is 0 Å². The highest BCUT2D eigenvalue weighted by molar-refractivity contribution is 4.88. The first-order chi connectivity index (χ1) is 5.24. The van der Waals surface area contributed by atoms with E-state index in [9.17, 15) is 0 Å². The van der Waals surface area contributed by atoms with E-state index in [1.165, 1.54) is 19.3 Å². The van der Waals surface area contributed by atoms with Gasteiger partial charge in [-0.3, -0.25) is 0 Å². The van der Waals surface area contributed by atoms with Crippen molar-refractivity contribution in [3.05, 3.63) is 0 Å². The molecule has 1 rings (SSSR count). The van der Waals surface area contributed by atoms with Crippen LogP contribution in [0.2, 0.25) is 0 Å². The second-order valence-electron chi connectivity index (χ2n) is 3.75. The molecular formula is C9H20N2. The summed E-state index contributed by atoms with van der Waals surface area (Å²) < 4.78 is 0. The Labute approximate surface area is 69.8 Å². The lowest BCUT2D eigenvalue weighted by atomic mass is 10.1. The molecule has 1 saturated carbocycles. The molecule has 2 N–H and O–H groups in total. The minimum Gasteiger partial charge on any atom is -0.315 e. The molecule has 11 heavy (non-hydrogen) atoms. The lowest BCUT2D eigenvalue weighted by molar-refractivity contribution is 0.401. The summed E-state index contributed by atoms with van der Waals surface area (Å²) in [5.74, 6) is 0. The van der Waals surface area contributed by atoms with Gasteiger partial charge in [-0.15, -0.1) is 0 Å². The summed E-state index contributed by atoms with van der Waals surface area (Å²) in [4.78, 5) is 0. The van der Waals surface area contributed by atoms with E-state index in [0.29, 0.717) is 18.1 Å². The molecule has 0 bridgehead atoms. The fourth-order valence-electron chi connectivity index (χ4n) is 1.93. The second-order valence-corrected chi connectivity index (χ2v) is 3.75. The molecular weight excluding hydrogens is 136 g/mol. The Kier molecular flexibility index (Phi) is 3.34. The molecule has 0 aromatic rings. The molecule has 0 saturated heterocycles. The Morgan fingerprint density at radius 3 is 2.36 bits per heavy atom. The van der Waals surface area contributed by atoms with Crippen LogP contribution in [0.5, 0.6) is 0 Å². The number of hydrogen-bond acceptors (Lipinski definition) is 2. The van der Waals surface area contributed by atoms with Gasteiger partial charge >= 0.3 is 0 Å². The van der Waals surface area contributed by atoms with Gasteiger partial charge in [0.15, 0.2) is 0 Å². The van der Waals surface area contributed by atoms with Gasteiger partial charge in [0, 0.05) is 18.1 Å². The van der Waals surface area contributed by atoms with Crippen LogP contribution in [0.4, 0.5) is 0 Å². The van der Waals surface area contributed by atoms with Crippen LogP contribution in [0.25, 0.3) is 0 Å². The largest absolute Gasteiger partial charge is 0.315 e. The van der Waals surface area contributed by atoms with Crippen LogP contribution in [0.1, 0.15) is 33.1 Å². The van der Waals surface area contributed by atoms with E-state index >= 15 is 0 Å². The monoisotopic (exact) mass is 156 g/mol. The van der Waals surface area contributed by atoms with Gasteiger partial charge in [0.1, 0.15) is 0 Å². The van der Waals surface area contributed by atoms with Crippen molar-refractivity contribution < 1.29 is 0 Å². The van der Waals surface area contributed by atoms with Crippen molar-refractivity contribution in [3.8, 4) is 0 Å². The highest BCUT2D eigenvalue weighted by atomic mass is 15.0. The summed E-state index contributed by atoms with van der Waals surface area (Å²) in [6.07, 6.45) is 4.04. The number of hydrogen-bond donors (Lipinski definition) is 2. The van der Waals surface area contributed by atoms with Gasteiger partial charge in [-0.05, 0) is 19.9 Å². The molecule has 0 aromatic heterocycles. The van der Waals surface area contributed by atoms with Crippen LogP contribution >= 0.6 is 0 Å². The van der Waals surface area contributed by atoms with Gasteiger partial charge in [-0.1, -0.05) is 20.3 Å². The van der Waals surface area contributed by atoms with Crippen molar-refractivity contribution in [2.45, 2.75) is 51.2 Å². The van der Waals surface area contributed by atoms with Crippen LogP contribution in [-0.2, 0) is 0 Å². The first-order valence-electron chi connectivity index (χ1n) is 4.67. The van der Waals surface area contributed by atoms with Crippen LogP contribution in [0.3, 0.4) is 0 Å². The van der Waals surface area contributed by atoms with Gasteiger partial charge in [0.25, 0.3) is 0 Å². The van der Waals surface area contributed by atoms with Crippen molar-refractivity contribution in [2.75, 3.05) is 7.05 Å². The molecule has 2 heteroatoms. The normalized spacial score (nSPS) is 31.6. The molecule has 0 unspecified atom stereocenters. The van der Waals surface area contributed by atoms with E-state index in [1.54, 1.807) is 0 Å². The molecule has 0 radical (unpaired) electrons. The lowest BCUT2D eigenvalue weighted by Crippen LogP contribution is -2.45. The van der Waals surface area contributed by atoms with Crippen LogP contribution in [0, 0.1) is 0 Å². The maximum absolute atomic E-state index is 3.58. The van der Waals surface area contributed by atoms with E-state index in [4.69, 9.17) is 0 Å². The molecule has 2 atom stereocenters. The molecule has 1 aliphatic carbocycles. The molecule has 0 amide bonds. The van der Waals surface area contributed by atoms with Crippen molar-refractivity contribution in [2.24, 2.45) is 0 Å². The van der Waals surface area contributed by atoms with Crippen LogP contribution in [-0.4, -0.2) is 25.2 Å². The number of likely N-dealkylation sites (N-methyl/N-ethyl adjacent to an activating group) is 1. The van der Waals surface area contributed by atoms with Gasteiger partial charge in [0.05, 0.1) is 0 Å². The smallest absolute Gasteiger partial charge is 0.0223 e. The molecule has 1 aliphatic rings. The van der Waals surface area contributed by atoms with Crippen LogP contribution in [0.15, 0.2) is 0 Å². The highest BCUT2D eigenvalue weighted by Gasteiger charge is 2.25. The standard InChI is InChI=1S/C9H20N2/c1-7(2)11-9-6-4-5-8(9)10-3/h7-11H,4-6H2,1-3H3/t8-,9+/m1/s1. The van der Waals surface area contributed by atoms with Gasteiger partial charge in [-0.2, -0.15) is 0 Å². The Balaban J connectivity index is 2.31. The van der Waals surface area contributed by atoms with E-state index in [-0.39, 0.29) is 0 Å². The number of rotatable bonds is 3. The third kappa shape index (κ3) is 2.46. The summed E-state index contributed by atoms with van der Waals surface area (Å²) in [7, 11) is 2.06. The van der Waals surface area contributed by atoms with Crippen molar-refractivity contribution in [1.82, 2.24) is 10.6 Å². The molecule has 0 heterocycles. The van der Waals surface area contributed by atoms with E-state index in [2.05, 4.69) is 31.5 Å². The molecule has 0 aliphatic heterocycles.